The van der Waals surface area contributed by atoms with E-state index in [1.54, 1.807) is 0 Å². The third-order valence-electron chi connectivity index (χ3n) is 4.09. The molecular formula is C16H23NO2. The molecule has 0 amide bonds. The minimum Gasteiger partial charge on any atom is -0.481 e. The van der Waals surface area contributed by atoms with Crippen molar-refractivity contribution in [2.45, 2.75) is 51.5 Å². The molecule has 0 aromatic heterocycles. The summed E-state index contributed by atoms with van der Waals surface area (Å²) in [5.41, 5.74) is 2.65. The van der Waals surface area contributed by atoms with Gasteiger partial charge < -0.3 is 10.0 Å². The van der Waals surface area contributed by atoms with Gasteiger partial charge in [0.25, 0.3) is 0 Å². The van der Waals surface area contributed by atoms with E-state index in [0.29, 0.717) is 18.5 Å². The topological polar surface area (TPSA) is 40.5 Å². The highest BCUT2D eigenvalue weighted by molar-refractivity contribution is 5.69. The monoisotopic (exact) mass is 261 g/mol. The van der Waals surface area contributed by atoms with Gasteiger partial charge in [-0.3, -0.25) is 4.79 Å². The number of carboxylic acids is 1. The van der Waals surface area contributed by atoms with Gasteiger partial charge in [-0.05, 0) is 24.5 Å². The smallest absolute Gasteiger partial charge is 0.305 e. The summed E-state index contributed by atoms with van der Waals surface area (Å²) in [6.45, 7) is 5.04. The molecule has 2 atom stereocenters. The first-order valence-electron chi connectivity index (χ1n) is 7.26. The third-order valence-corrected chi connectivity index (χ3v) is 4.09. The van der Waals surface area contributed by atoms with Crippen molar-refractivity contribution in [3.63, 3.8) is 0 Å². The second-order valence-electron chi connectivity index (χ2n) is 5.27. The van der Waals surface area contributed by atoms with Gasteiger partial charge in [-0.1, -0.05) is 38.5 Å². The number of anilines is 1. The molecule has 1 aliphatic heterocycles. The van der Waals surface area contributed by atoms with Crippen molar-refractivity contribution in [1.29, 1.82) is 0 Å². The minimum absolute atomic E-state index is 0.212. The summed E-state index contributed by atoms with van der Waals surface area (Å²) in [6, 6.07) is 8.94. The number of fused-ring (bicyclic) bond motifs is 1. The van der Waals surface area contributed by atoms with Crippen molar-refractivity contribution in [3.05, 3.63) is 29.8 Å². The Bertz CT molecular complexity index is 444. The van der Waals surface area contributed by atoms with Crippen LogP contribution in [0.4, 0.5) is 5.69 Å². The third kappa shape index (κ3) is 2.75. The van der Waals surface area contributed by atoms with E-state index in [1.807, 2.05) is 6.07 Å². The summed E-state index contributed by atoms with van der Waals surface area (Å²) in [4.78, 5) is 13.2. The molecular weight excluding hydrogens is 238 g/mol. The fourth-order valence-corrected chi connectivity index (χ4v) is 3.33. The number of rotatable bonds is 6. The molecule has 0 saturated heterocycles. The molecule has 1 heterocycles. The van der Waals surface area contributed by atoms with Crippen molar-refractivity contribution in [3.8, 4) is 0 Å². The van der Waals surface area contributed by atoms with Gasteiger partial charge in [-0.2, -0.15) is 0 Å². The average molecular weight is 261 g/mol. The van der Waals surface area contributed by atoms with E-state index >= 15 is 0 Å². The van der Waals surface area contributed by atoms with Crippen molar-refractivity contribution >= 4 is 11.7 Å². The van der Waals surface area contributed by atoms with Crippen molar-refractivity contribution in [1.82, 2.24) is 0 Å². The molecule has 0 saturated carbocycles. The fraction of sp³-hybridized carbons (Fsp3) is 0.562. The Morgan fingerprint density at radius 2 is 2.05 bits per heavy atom. The lowest BCUT2D eigenvalue weighted by Gasteiger charge is -2.29. The molecule has 0 radical (unpaired) electrons. The number of nitrogens with zero attached hydrogens (tertiary/aromatic N) is 1. The Morgan fingerprint density at radius 3 is 2.68 bits per heavy atom. The lowest BCUT2D eigenvalue weighted by molar-refractivity contribution is -0.136. The standard InChI is InChI=1S/C16H23NO2/c1-3-7-12-13-8-5-6-9-15(13)17(14(12)4-2)11-10-16(18)19/h5-6,8-9,12,14H,3-4,7,10-11H2,1-2H3,(H,18,19). The number of benzene rings is 1. The molecule has 1 aliphatic rings. The van der Waals surface area contributed by atoms with Crippen LogP contribution in [0.3, 0.4) is 0 Å². The molecule has 3 heteroatoms. The minimum atomic E-state index is -0.716. The molecule has 104 valence electrons. The van der Waals surface area contributed by atoms with Gasteiger partial charge in [-0.25, -0.2) is 0 Å². The van der Waals surface area contributed by atoms with E-state index in [-0.39, 0.29) is 6.42 Å². The molecule has 1 N–H and O–H groups in total. The first-order valence-corrected chi connectivity index (χ1v) is 7.26. The zero-order chi connectivity index (χ0) is 13.8. The summed E-state index contributed by atoms with van der Waals surface area (Å²) in [7, 11) is 0. The van der Waals surface area contributed by atoms with E-state index < -0.39 is 5.97 Å². The van der Waals surface area contributed by atoms with Gasteiger partial charge >= 0.3 is 5.97 Å². The zero-order valence-electron chi connectivity index (χ0n) is 11.8. The first-order chi connectivity index (χ1) is 9.19. The van der Waals surface area contributed by atoms with Crippen LogP contribution in [0.5, 0.6) is 0 Å². The van der Waals surface area contributed by atoms with Crippen LogP contribution in [0.15, 0.2) is 24.3 Å². The summed E-state index contributed by atoms with van der Waals surface area (Å²) < 4.78 is 0. The maximum absolute atomic E-state index is 10.8. The second kappa shape index (κ2) is 6.09. The molecule has 0 spiro atoms. The second-order valence-corrected chi connectivity index (χ2v) is 5.27. The van der Waals surface area contributed by atoms with Gasteiger partial charge in [-0.15, -0.1) is 0 Å². The van der Waals surface area contributed by atoms with E-state index in [2.05, 4.69) is 36.9 Å². The van der Waals surface area contributed by atoms with Gasteiger partial charge in [0.15, 0.2) is 0 Å². The molecule has 0 fully saturated rings. The first kappa shape index (κ1) is 13.9. The van der Waals surface area contributed by atoms with Gasteiger partial charge in [0.2, 0.25) is 0 Å². The molecule has 0 bridgehead atoms. The number of para-hydroxylation sites is 1. The average Bonchev–Trinajstić information content (AvgIpc) is 2.70. The Balaban J connectivity index is 2.28. The number of carbonyl (C=O) groups is 1. The van der Waals surface area contributed by atoms with Crippen LogP contribution in [-0.2, 0) is 4.79 Å². The highest BCUT2D eigenvalue weighted by atomic mass is 16.4. The molecule has 19 heavy (non-hydrogen) atoms. The van der Waals surface area contributed by atoms with Crippen molar-refractivity contribution in [2.24, 2.45) is 0 Å². The van der Waals surface area contributed by atoms with Crippen LogP contribution >= 0.6 is 0 Å². The summed E-state index contributed by atoms with van der Waals surface area (Å²) in [5.74, 6) is -0.161. The number of hydrogen-bond donors (Lipinski definition) is 1. The normalized spacial score (nSPS) is 21.5. The zero-order valence-corrected chi connectivity index (χ0v) is 11.8. The lowest BCUT2D eigenvalue weighted by atomic mass is 9.89. The van der Waals surface area contributed by atoms with Crippen LogP contribution in [0.1, 0.15) is 51.0 Å². The number of carboxylic acid groups (broad SMARTS) is 1. The van der Waals surface area contributed by atoms with E-state index in [9.17, 15) is 4.79 Å². The Kier molecular flexibility index (Phi) is 4.46. The van der Waals surface area contributed by atoms with E-state index in [0.717, 1.165) is 6.42 Å². The van der Waals surface area contributed by atoms with Crippen molar-refractivity contribution in [2.75, 3.05) is 11.4 Å². The van der Waals surface area contributed by atoms with Gasteiger partial charge in [0.1, 0.15) is 0 Å². The molecule has 2 unspecified atom stereocenters. The molecule has 3 nitrogen and oxygen atoms in total. The Hall–Kier alpha value is -1.51. The Labute approximate surface area is 115 Å². The number of aliphatic carboxylic acids is 1. The highest BCUT2D eigenvalue weighted by Gasteiger charge is 2.36. The predicted molar refractivity (Wildman–Crippen MR) is 77.8 cm³/mol. The maximum atomic E-state index is 10.8. The molecule has 1 aromatic carbocycles. The lowest BCUT2D eigenvalue weighted by Crippen LogP contribution is -2.35. The summed E-state index contributed by atoms with van der Waals surface area (Å²) in [5, 5.41) is 8.92. The van der Waals surface area contributed by atoms with E-state index in [1.165, 1.54) is 24.1 Å². The molecule has 1 aromatic rings. The maximum Gasteiger partial charge on any atom is 0.305 e. The quantitative estimate of drug-likeness (QED) is 0.850. The van der Waals surface area contributed by atoms with Crippen LogP contribution in [0.25, 0.3) is 0 Å². The van der Waals surface area contributed by atoms with Crippen LogP contribution in [0, 0.1) is 0 Å². The Morgan fingerprint density at radius 1 is 1.32 bits per heavy atom. The van der Waals surface area contributed by atoms with Crippen LogP contribution < -0.4 is 4.90 Å². The number of hydrogen-bond acceptors (Lipinski definition) is 2. The van der Waals surface area contributed by atoms with Gasteiger partial charge in [0, 0.05) is 24.2 Å². The van der Waals surface area contributed by atoms with Gasteiger partial charge in [0.05, 0.1) is 6.42 Å². The molecule has 0 aliphatic carbocycles. The fourth-order valence-electron chi connectivity index (χ4n) is 3.33. The highest BCUT2D eigenvalue weighted by Crippen LogP contribution is 2.44. The largest absolute Gasteiger partial charge is 0.481 e. The van der Waals surface area contributed by atoms with E-state index in [4.69, 9.17) is 5.11 Å². The van der Waals surface area contributed by atoms with Crippen molar-refractivity contribution < 1.29 is 9.90 Å². The summed E-state index contributed by atoms with van der Waals surface area (Å²) >= 11 is 0. The SMILES string of the molecule is CCCC1c2ccccc2N(CCC(=O)O)C1CC. The molecule has 2 rings (SSSR count). The predicted octanol–water partition coefficient (Wildman–Crippen LogP) is 3.64. The summed E-state index contributed by atoms with van der Waals surface area (Å²) in [6.07, 6.45) is 3.63. The van der Waals surface area contributed by atoms with Crippen LogP contribution in [0.2, 0.25) is 0 Å². The van der Waals surface area contributed by atoms with Crippen LogP contribution in [-0.4, -0.2) is 23.7 Å².